The summed E-state index contributed by atoms with van der Waals surface area (Å²) >= 11 is 0. The molecule has 0 bridgehead atoms. The minimum absolute atomic E-state index is 0.00623. The van der Waals surface area contributed by atoms with Crippen molar-refractivity contribution < 1.29 is 19.1 Å². The van der Waals surface area contributed by atoms with E-state index in [1.807, 2.05) is 41.0 Å². The predicted molar refractivity (Wildman–Crippen MR) is 109 cm³/mol. The van der Waals surface area contributed by atoms with Gasteiger partial charge < -0.3 is 14.8 Å². The van der Waals surface area contributed by atoms with Gasteiger partial charge in [-0.05, 0) is 24.3 Å². The number of carbonyl (C=O) groups is 2. The third-order valence-corrected chi connectivity index (χ3v) is 4.96. The average Bonchev–Trinajstić information content (AvgIpc) is 3.22. The lowest BCUT2D eigenvalue weighted by Gasteiger charge is -2.16. The fourth-order valence-electron chi connectivity index (χ4n) is 3.61. The Morgan fingerprint density at radius 3 is 2.69 bits per heavy atom. The van der Waals surface area contributed by atoms with Crippen molar-refractivity contribution >= 4 is 34.5 Å². The first-order chi connectivity index (χ1) is 14.1. The number of para-hydroxylation sites is 4. The minimum atomic E-state index is -0.663. The molecule has 8 heteroatoms. The highest BCUT2D eigenvalue weighted by molar-refractivity contribution is 6.05. The quantitative estimate of drug-likeness (QED) is 0.666. The molecular weight excluding hydrogens is 372 g/mol. The van der Waals surface area contributed by atoms with Crippen molar-refractivity contribution in [3.8, 4) is 5.75 Å². The molecule has 0 spiro atoms. The molecule has 0 fully saturated rings. The van der Waals surface area contributed by atoms with E-state index in [4.69, 9.17) is 9.47 Å². The summed E-state index contributed by atoms with van der Waals surface area (Å²) in [7, 11) is 3.13. The van der Waals surface area contributed by atoms with E-state index in [0.717, 1.165) is 11.0 Å². The smallest absolute Gasteiger partial charge is 0.253 e. The number of hydrogen-bond acceptors (Lipinski definition) is 5. The van der Waals surface area contributed by atoms with Crippen LogP contribution >= 0.6 is 0 Å². The predicted octanol–water partition coefficient (Wildman–Crippen LogP) is 2.61. The van der Waals surface area contributed by atoms with Crippen LogP contribution in [0.1, 0.15) is 12.5 Å². The van der Waals surface area contributed by atoms with E-state index in [9.17, 15) is 9.59 Å². The molecule has 2 amide bonds. The molecule has 1 aliphatic rings. The molecule has 150 valence electrons. The standard InChI is InChI=1S/C21H22N4O4/c1-28-12-11-24-20(27)17(25-16-9-5-3-7-14(16)23-21(24)25)13-19(26)22-15-8-4-6-10-18(15)29-2/h3-10,17H,11-13H2,1-2H3,(H,22,26). The van der Waals surface area contributed by atoms with Crippen molar-refractivity contribution in [3.05, 3.63) is 48.5 Å². The SMILES string of the molecule is COCCN1C(=O)C(CC(=O)Nc2ccccc2OC)n2c1nc1ccccc12. The maximum absolute atomic E-state index is 13.1. The second kappa shape index (κ2) is 7.92. The Morgan fingerprint density at radius 2 is 1.90 bits per heavy atom. The van der Waals surface area contributed by atoms with Gasteiger partial charge in [-0.3, -0.25) is 19.1 Å². The molecule has 8 nitrogen and oxygen atoms in total. The normalized spacial score (nSPS) is 15.6. The lowest BCUT2D eigenvalue weighted by Crippen LogP contribution is -2.33. The maximum atomic E-state index is 13.1. The van der Waals surface area contributed by atoms with Crippen molar-refractivity contribution in [2.24, 2.45) is 0 Å². The van der Waals surface area contributed by atoms with Crippen molar-refractivity contribution in [2.75, 3.05) is 37.6 Å². The molecule has 2 aromatic carbocycles. The lowest BCUT2D eigenvalue weighted by molar-refractivity contribution is -0.124. The number of fused-ring (bicyclic) bond motifs is 3. The Labute approximate surface area is 168 Å². The maximum Gasteiger partial charge on any atom is 0.253 e. The van der Waals surface area contributed by atoms with Crippen LogP contribution in [-0.2, 0) is 14.3 Å². The van der Waals surface area contributed by atoms with Crippen LogP contribution in [0.15, 0.2) is 48.5 Å². The number of hydrogen-bond donors (Lipinski definition) is 1. The van der Waals surface area contributed by atoms with E-state index in [0.29, 0.717) is 30.5 Å². The molecule has 29 heavy (non-hydrogen) atoms. The van der Waals surface area contributed by atoms with E-state index in [1.54, 1.807) is 31.3 Å². The van der Waals surface area contributed by atoms with Gasteiger partial charge in [0.1, 0.15) is 11.8 Å². The molecule has 4 rings (SSSR count). The van der Waals surface area contributed by atoms with Crippen molar-refractivity contribution in [2.45, 2.75) is 12.5 Å². The van der Waals surface area contributed by atoms with Crippen LogP contribution in [0, 0.1) is 0 Å². The van der Waals surface area contributed by atoms with Gasteiger partial charge in [0.15, 0.2) is 0 Å². The van der Waals surface area contributed by atoms with Crippen LogP contribution in [0.25, 0.3) is 11.0 Å². The van der Waals surface area contributed by atoms with E-state index in [2.05, 4.69) is 10.3 Å². The Hall–Kier alpha value is -3.39. The molecule has 1 aromatic heterocycles. The van der Waals surface area contributed by atoms with Crippen molar-refractivity contribution in [3.63, 3.8) is 0 Å². The largest absolute Gasteiger partial charge is 0.495 e. The fourth-order valence-corrected chi connectivity index (χ4v) is 3.61. The third kappa shape index (κ3) is 3.42. The molecule has 1 aliphatic heterocycles. The zero-order chi connectivity index (χ0) is 20.4. The second-order valence-corrected chi connectivity index (χ2v) is 6.72. The minimum Gasteiger partial charge on any atom is -0.495 e. The molecule has 1 N–H and O–H groups in total. The Kier molecular flexibility index (Phi) is 5.18. The Morgan fingerprint density at radius 1 is 1.14 bits per heavy atom. The molecule has 3 aromatic rings. The summed E-state index contributed by atoms with van der Waals surface area (Å²) in [6.07, 6.45) is -0.00623. The molecule has 0 saturated heterocycles. The van der Waals surface area contributed by atoms with Gasteiger partial charge in [-0.15, -0.1) is 0 Å². The van der Waals surface area contributed by atoms with Gasteiger partial charge in [-0.2, -0.15) is 0 Å². The average molecular weight is 394 g/mol. The van der Waals surface area contributed by atoms with Crippen LogP contribution in [0.4, 0.5) is 11.6 Å². The fraction of sp³-hybridized carbons (Fsp3) is 0.286. The van der Waals surface area contributed by atoms with E-state index in [-0.39, 0.29) is 18.2 Å². The van der Waals surface area contributed by atoms with Gasteiger partial charge in [0.05, 0.1) is 43.4 Å². The highest BCUT2D eigenvalue weighted by Gasteiger charge is 2.40. The van der Waals surface area contributed by atoms with Crippen LogP contribution < -0.4 is 15.0 Å². The van der Waals surface area contributed by atoms with Crippen LogP contribution in [0.2, 0.25) is 0 Å². The lowest BCUT2D eigenvalue weighted by atomic mass is 10.1. The van der Waals surface area contributed by atoms with E-state index < -0.39 is 6.04 Å². The second-order valence-electron chi connectivity index (χ2n) is 6.72. The molecule has 0 aliphatic carbocycles. The summed E-state index contributed by atoms with van der Waals surface area (Å²) < 4.78 is 12.3. The summed E-state index contributed by atoms with van der Waals surface area (Å²) in [6.45, 7) is 0.762. The number of rotatable bonds is 7. The number of imidazole rings is 1. The Bertz CT molecular complexity index is 1060. The van der Waals surface area contributed by atoms with E-state index in [1.165, 1.54) is 0 Å². The number of nitrogens with zero attached hydrogens (tertiary/aromatic N) is 3. The van der Waals surface area contributed by atoms with Crippen LogP contribution in [0.3, 0.4) is 0 Å². The van der Waals surface area contributed by atoms with Gasteiger partial charge >= 0.3 is 0 Å². The number of aromatic nitrogens is 2. The van der Waals surface area contributed by atoms with Gasteiger partial charge in [-0.25, -0.2) is 4.98 Å². The first-order valence-corrected chi connectivity index (χ1v) is 9.34. The number of anilines is 2. The summed E-state index contributed by atoms with van der Waals surface area (Å²) in [5.41, 5.74) is 2.18. The molecule has 1 unspecified atom stereocenters. The number of benzene rings is 2. The first kappa shape index (κ1) is 18.9. The number of nitrogens with one attached hydrogen (secondary N) is 1. The first-order valence-electron chi connectivity index (χ1n) is 9.34. The number of amides is 2. The molecular formula is C21H22N4O4. The third-order valence-electron chi connectivity index (χ3n) is 4.96. The van der Waals surface area contributed by atoms with Gasteiger partial charge in [0.2, 0.25) is 11.9 Å². The van der Waals surface area contributed by atoms with Gasteiger partial charge in [-0.1, -0.05) is 24.3 Å². The van der Waals surface area contributed by atoms with E-state index >= 15 is 0 Å². The highest BCUT2D eigenvalue weighted by atomic mass is 16.5. The summed E-state index contributed by atoms with van der Waals surface area (Å²) in [5.74, 6) is 0.674. The summed E-state index contributed by atoms with van der Waals surface area (Å²) in [6, 6.07) is 14.1. The number of carbonyl (C=O) groups excluding carboxylic acids is 2. The number of ether oxygens (including phenoxy) is 2. The van der Waals surface area contributed by atoms with Crippen LogP contribution in [-0.4, -0.2) is 48.7 Å². The molecule has 0 saturated carbocycles. The van der Waals surface area contributed by atoms with Crippen molar-refractivity contribution in [1.29, 1.82) is 0 Å². The van der Waals surface area contributed by atoms with Crippen molar-refractivity contribution in [1.82, 2.24) is 9.55 Å². The number of methoxy groups -OCH3 is 2. The highest BCUT2D eigenvalue weighted by Crippen LogP contribution is 2.36. The molecule has 1 atom stereocenters. The Balaban J connectivity index is 1.63. The topological polar surface area (TPSA) is 85.7 Å². The molecule has 0 radical (unpaired) electrons. The van der Waals surface area contributed by atoms with Gasteiger partial charge in [0.25, 0.3) is 5.91 Å². The summed E-state index contributed by atoms with van der Waals surface area (Å²) in [4.78, 5) is 32.1. The monoisotopic (exact) mass is 394 g/mol. The van der Waals surface area contributed by atoms with Gasteiger partial charge in [0, 0.05) is 7.11 Å². The zero-order valence-corrected chi connectivity index (χ0v) is 16.3. The summed E-state index contributed by atoms with van der Waals surface area (Å²) in [5, 5.41) is 2.84. The zero-order valence-electron chi connectivity index (χ0n) is 16.3. The molecule has 2 heterocycles. The van der Waals surface area contributed by atoms with Crippen LogP contribution in [0.5, 0.6) is 5.75 Å².